The molecule has 1 aromatic carbocycles. The van der Waals surface area contributed by atoms with Gasteiger partial charge in [0.1, 0.15) is 5.75 Å². The molecule has 2 unspecified atom stereocenters. The van der Waals surface area contributed by atoms with E-state index in [2.05, 4.69) is 0 Å². The maximum absolute atomic E-state index is 11.3. The van der Waals surface area contributed by atoms with Gasteiger partial charge in [0.15, 0.2) is 9.84 Å². The molecule has 1 aliphatic rings. The summed E-state index contributed by atoms with van der Waals surface area (Å²) in [6.45, 7) is 0. The first kappa shape index (κ1) is 12.2. The lowest BCUT2D eigenvalue weighted by molar-refractivity contribution is 0.121. The number of benzene rings is 1. The third-order valence-electron chi connectivity index (χ3n) is 3.10. The average molecular weight is 257 g/mol. The Morgan fingerprint density at radius 1 is 1.41 bits per heavy atom. The Kier molecular flexibility index (Phi) is 3.01. The minimum atomic E-state index is -3.02. The first-order valence-corrected chi connectivity index (χ1v) is 7.18. The molecule has 5 nitrogen and oxygen atoms in total. The highest BCUT2D eigenvalue weighted by Gasteiger charge is 2.34. The first-order valence-electron chi connectivity index (χ1n) is 5.36. The van der Waals surface area contributed by atoms with Gasteiger partial charge < -0.3 is 15.9 Å². The van der Waals surface area contributed by atoms with E-state index in [9.17, 15) is 18.6 Å². The number of aromatic hydroxyl groups is 1. The highest BCUT2D eigenvalue weighted by atomic mass is 32.2. The predicted octanol–water partition coefficient (Wildman–Crippen LogP) is 0.443. The number of nitrogens with two attached hydrogens (primary N) is 1. The van der Waals surface area contributed by atoms with Crippen LogP contribution in [0.4, 0.5) is 5.69 Å². The maximum atomic E-state index is 11.3. The molecule has 4 N–H and O–H groups in total. The van der Waals surface area contributed by atoms with Gasteiger partial charge in [-0.3, -0.25) is 0 Å². The van der Waals surface area contributed by atoms with E-state index < -0.39 is 15.9 Å². The van der Waals surface area contributed by atoms with Gasteiger partial charge in [0.25, 0.3) is 0 Å². The molecule has 0 spiro atoms. The molecule has 0 aliphatic carbocycles. The van der Waals surface area contributed by atoms with Crippen LogP contribution < -0.4 is 5.73 Å². The van der Waals surface area contributed by atoms with Crippen molar-refractivity contribution >= 4 is 15.5 Å². The van der Waals surface area contributed by atoms with Gasteiger partial charge in [0.05, 0.1) is 17.6 Å². The summed E-state index contributed by atoms with van der Waals surface area (Å²) in [5.41, 5.74) is 6.44. The Labute approximate surface area is 99.8 Å². The van der Waals surface area contributed by atoms with Crippen molar-refractivity contribution in [3.8, 4) is 5.75 Å². The Balaban J connectivity index is 2.23. The summed E-state index contributed by atoms with van der Waals surface area (Å²) in [7, 11) is -3.02. The van der Waals surface area contributed by atoms with E-state index in [1.54, 1.807) is 0 Å². The van der Waals surface area contributed by atoms with Crippen molar-refractivity contribution in [3.63, 3.8) is 0 Å². The zero-order valence-electron chi connectivity index (χ0n) is 9.20. The second-order valence-electron chi connectivity index (χ2n) is 4.42. The number of hydrogen-bond acceptors (Lipinski definition) is 5. The molecule has 94 valence electrons. The van der Waals surface area contributed by atoms with Crippen LogP contribution in [-0.4, -0.2) is 30.1 Å². The van der Waals surface area contributed by atoms with Crippen LogP contribution in [0.1, 0.15) is 18.1 Å². The zero-order valence-corrected chi connectivity index (χ0v) is 10.0. The highest BCUT2D eigenvalue weighted by molar-refractivity contribution is 7.91. The number of nitrogen functional groups attached to an aromatic ring is 1. The van der Waals surface area contributed by atoms with Crippen molar-refractivity contribution in [2.45, 2.75) is 12.5 Å². The van der Waals surface area contributed by atoms with Crippen LogP contribution in [0, 0.1) is 5.92 Å². The third-order valence-corrected chi connectivity index (χ3v) is 4.90. The summed E-state index contributed by atoms with van der Waals surface area (Å²) in [5.74, 6) is -0.175. The number of hydrogen-bond donors (Lipinski definition) is 3. The van der Waals surface area contributed by atoms with Gasteiger partial charge in [-0.1, -0.05) is 6.07 Å². The smallest absolute Gasteiger partial charge is 0.150 e. The molecule has 6 heteroatoms. The first-order chi connectivity index (χ1) is 7.89. The fraction of sp³-hybridized carbons (Fsp3) is 0.455. The normalized spacial score (nSPS) is 24.6. The van der Waals surface area contributed by atoms with Crippen LogP contribution >= 0.6 is 0 Å². The van der Waals surface area contributed by atoms with Gasteiger partial charge in [-0.15, -0.1) is 0 Å². The molecule has 0 radical (unpaired) electrons. The largest absolute Gasteiger partial charge is 0.508 e. The molecule has 1 aliphatic heterocycles. The van der Waals surface area contributed by atoms with E-state index in [1.807, 2.05) is 0 Å². The Morgan fingerprint density at radius 2 is 2.12 bits per heavy atom. The molecular formula is C11H15NO4S. The number of aliphatic hydroxyl groups excluding tert-OH is 1. The van der Waals surface area contributed by atoms with Gasteiger partial charge >= 0.3 is 0 Å². The summed E-state index contributed by atoms with van der Waals surface area (Å²) in [4.78, 5) is 0. The van der Waals surface area contributed by atoms with Crippen LogP contribution in [0.25, 0.3) is 0 Å². The highest BCUT2D eigenvalue weighted by Crippen LogP contribution is 2.34. The summed E-state index contributed by atoms with van der Waals surface area (Å²) < 4.78 is 22.7. The Hall–Kier alpha value is -1.27. The van der Waals surface area contributed by atoms with E-state index in [0.717, 1.165) is 0 Å². The number of anilines is 1. The Morgan fingerprint density at radius 3 is 2.65 bits per heavy atom. The number of rotatable bonds is 2. The zero-order chi connectivity index (χ0) is 12.6. The van der Waals surface area contributed by atoms with E-state index in [4.69, 9.17) is 5.73 Å². The molecule has 1 saturated heterocycles. The van der Waals surface area contributed by atoms with Crippen molar-refractivity contribution in [1.82, 2.24) is 0 Å². The SMILES string of the molecule is Nc1cc(O)ccc1C(O)C1CCS(=O)(=O)C1. The summed E-state index contributed by atoms with van der Waals surface area (Å²) in [6.07, 6.45) is -0.447. The van der Waals surface area contributed by atoms with E-state index in [-0.39, 0.29) is 28.9 Å². The van der Waals surface area contributed by atoms with E-state index in [0.29, 0.717) is 12.0 Å². The van der Waals surface area contributed by atoms with Gasteiger partial charge in [-0.25, -0.2) is 8.42 Å². The summed E-state index contributed by atoms with van der Waals surface area (Å²) in [5, 5.41) is 19.3. The average Bonchev–Trinajstić information content (AvgIpc) is 2.58. The van der Waals surface area contributed by atoms with Gasteiger partial charge in [-0.2, -0.15) is 0 Å². The van der Waals surface area contributed by atoms with Crippen molar-refractivity contribution in [2.24, 2.45) is 5.92 Å². The van der Waals surface area contributed by atoms with E-state index >= 15 is 0 Å². The van der Waals surface area contributed by atoms with Crippen LogP contribution in [0.15, 0.2) is 18.2 Å². The maximum Gasteiger partial charge on any atom is 0.150 e. The molecule has 1 aromatic rings. The lowest BCUT2D eigenvalue weighted by Crippen LogP contribution is -2.15. The standard InChI is InChI=1S/C11H15NO4S/c12-10-5-8(13)1-2-9(10)11(14)7-3-4-17(15,16)6-7/h1-2,5,7,11,13-14H,3-4,6,12H2. The second kappa shape index (κ2) is 4.19. The quantitative estimate of drug-likeness (QED) is 0.667. The number of aliphatic hydroxyl groups is 1. The summed E-state index contributed by atoms with van der Waals surface area (Å²) in [6, 6.07) is 4.31. The topological polar surface area (TPSA) is 101 Å². The fourth-order valence-corrected chi connectivity index (χ4v) is 3.99. The lowest BCUT2D eigenvalue weighted by Gasteiger charge is -2.18. The molecule has 0 aromatic heterocycles. The van der Waals surface area contributed by atoms with Crippen LogP contribution in [0.2, 0.25) is 0 Å². The minimum absolute atomic E-state index is 0.00547. The fourth-order valence-electron chi connectivity index (χ4n) is 2.16. The minimum Gasteiger partial charge on any atom is -0.508 e. The number of phenols is 1. The van der Waals surface area contributed by atoms with Crippen LogP contribution in [-0.2, 0) is 9.84 Å². The van der Waals surface area contributed by atoms with Gasteiger partial charge in [0, 0.05) is 23.2 Å². The molecule has 0 amide bonds. The van der Waals surface area contributed by atoms with Crippen molar-refractivity contribution in [3.05, 3.63) is 23.8 Å². The number of phenolic OH excluding ortho intramolecular Hbond substituents is 1. The molecule has 2 rings (SSSR count). The van der Waals surface area contributed by atoms with Crippen LogP contribution in [0.5, 0.6) is 5.75 Å². The predicted molar refractivity (Wildman–Crippen MR) is 64.2 cm³/mol. The lowest BCUT2D eigenvalue weighted by atomic mass is 9.94. The molecule has 1 fully saturated rings. The monoisotopic (exact) mass is 257 g/mol. The molecular weight excluding hydrogens is 242 g/mol. The molecule has 17 heavy (non-hydrogen) atoms. The van der Waals surface area contributed by atoms with Crippen molar-refractivity contribution in [2.75, 3.05) is 17.2 Å². The van der Waals surface area contributed by atoms with Gasteiger partial charge in [0.2, 0.25) is 0 Å². The van der Waals surface area contributed by atoms with Crippen molar-refractivity contribution < 1.29 is 18.6 Å². The van der Waals surface area contributed by atoms with E-state index in [1.165, 1.54) is 18.2 Å². The Bertz CT molecular complexity index is 526. The third kappa shape index (κ3) is 2.53. The molecule has 0 bridgehead atoms. The molecule has 1 heterocycles. The van der Waals surface area contributed by atoms with Crippen LogP contribution in [0.3, 0.4) is 0 Å². The molecule has 2 atom stereocenters. The van der Waals surface area contributed by atoms with Gasteiger partial charge in [-0.05, 0) is 12.5 Å². The second-order valence-corrected chi connectivity index (χ2v) is 6.65. The number of sulfone groups is 1. The molecule has 0 saturated carbocycles. The summed E-state index contributed by atoms with van der Waals surface area (Å²) >= 11 is 0. The van der Waals surface area contributed by atoms with Crippen molar-refractivity contribution in [1.29, 1.82) is 0 Å².